The first-order valence-corrected chi connectivity index (χ1v) is 6.73. The molecule has 1 aliphatic heterocycles. The Balaban J connectivity index is 1.98. The molecule has 0 atom stereocenters. The molecule has 0 aromatic heterocycles. The summed E-state index contributed by atoms with van der Waals surface area (Å²) in [5, 5.41) is 0. The van der Waals surface area contributed by atoms with Crippen LogP contribution in [0, 0.1) is 11.3 Å². The Hall–Kier alpha value is -0.570. The zero-order valence-electron chi connectivity index (χ0n) is 11.6. The van der Waals surface area contributed by atoms with Crippen LogP contribution in [0.2, 0.25) is 0 Å². The van der Waals surface area contributed by atoms with Gasteiger partial charge in [-0.25, -0.2) is 0 Å². The summed E-state index contributed by atoms with van der Waals surface area (Å²) in [6.07, 6.45) is 4.13. The van der Waals surface area contributed by atoms with E-state index in [1.165, 1.54) is 0 Å². The molecule has 2 rings (SSSR count). The maximum atomic E-state index is 12.0. The molecule has 0 bridgehead atoms. The minimum absolute atomic E-state index is 0.0622. The Labute approximate surface area is 105 Å². The van der Waals surface area contributed by atoms with Crippen LogP contribution < -0.4 is 0 Å². The number of ether oxygens (including phenoxy) is 1. The number of methoxy groups -OCH3 is 1. The second kappa shape index (κ2) is 4.27. The fourth-order valence-corrected chi connectivity index (χ4v) is 2.94. The average Bonchev–Trinajstić information content (AvgIpc) is 3.10. The predicted molar refractivity (Wildman–Crippen MR) is 67.7 cm³/mol. The van der Waals surface area contributed by atoms with Gasteiger partial charge in [-0.3, -0.25) is 4.79 Å². The summed E-state index contributed by atoms with van der Waals surface area (Å²) in [7, 11) is 1.81. The Kier molecular flexibility index (Phi) is 3.23. The highest BCUT2D eigenvalue weighted by Crippen LogP contribution is 2.42. The van der Waals surface area contributed by atoms with Crippen molar-refractivity contribution in [3.05, 3.63) is 0 Å². The SMILES string of the molecule is COC1(C(C)(C)C)CCN(C(=O)C2CC2)CC1. The van der Waals surface area contributed by atoms with Gasteiger partial charge in [0.25, 0.3) is 0 Å². The first-order chi connectivity index (χ1) is 7.89. The Morgan fingerprint density at radius 3 is 2.12 bits per heavy atom. The van der Waals surface area contributed by atoms with E-state index in [0.717, 1.165) is 38.8 Å². The molecule has 1 amide bonds. The van der Waals surface area contributed by atoms with Crippen LogP contribution >= 0.6 is 0 Å². The maximum absolute atomic E-state index is 12.0. The summed E-state index contributed by atoms with van der Waals surface area (Å²) in [6, 6.07) is 0. The lowest BCUT2D eigenvalue weighted by molar-refractivity contribution is -0.149. The highest BCUT2D eigenvalue weighted by molar-refractivity contribution is 5.81. The molecule has 1 saturated carbocycles. The third-order valence-corrected chi connectivity index (χ3v) is 4.57. The smallest absolute Gasteiger partial charge is 0.225 e. The quantitative estimate of drug-likeness (QED) is 0.741. The molecule has 2 aliphatic rings. The number of rotatable bonds is 2. The summed E-state index contributed by atoms with van der Waals surface area (Å²) < 4.78 is 5.81. The molecular formula is C14H25NO2. The topological polar surface area (TPSA) is 29.5 Å². The molecule has 1 heterocycles. The van der Waals surface area contributed by atoms with Gasteiger partial charge in [-0.1, -0.05) is 20.8 Å². The van der Waals surface area contributed by atoms with Crippen molar-refractivity contribution < 1.29 is 9.53 Å². The van der Waals surface area contributed by atoms with Crippen molar-refractivity contribution in [2.45, 2.75) is 52.1 Å². The standard InChI is InChI=1S/C14H25NO2/c1-13(2,3)14(17-4)7-9-15(10-8-14)12(16)11-5-6-11/h11H,5-10H2,1-4H3. The highest BCUT2D eigenvalue weighted by atomic mass is 16.5. The summed E-state index contributed by atoms with van der Waals surface area (Å²) in [5.74, 6) is 0.725. The van der Waals surface area contributed by atoms with E-state index in [-0.39, 0.29) is 11.0 Å². The molecule has 2 fully saturated rings. The number of piperidine rings is 1. The predicted octanol–water partition coefficient (Wildman–Crippen LogP) is 2.45. The molecule has 0 radical (unpaired) electrons. The maximum Gasteiger partial charge on any atom is 0.225 e. The van der Waals surface area contributed by atoms with Crippen LogP contribution in [0.15, 0.2) is 0 Å². The number of nitrogens with zero attached hydrogens (tertiary/aromatic N) is 1. The van der Waals surface area contributed by atoms with Crippen LogP contribution in [0.25, 0.3) is 0 Å². The van der Waals surface area contributed by atoms with Gasteiger partial charge in [0.15, 0.2) is 0 Å². The van der Waals surface area contributed by atoms with Crippen molar-refractivity contribution in [1.82, 2.24) is 4.90 Å². The molecule has 0 spiro atoms. The molecular weight excluding hydrogens is 214 g/mol. The van der Waals surface area contributed by atoms with Gasteiger partial charge in [-0.05, 0) is 31.1 Å². The van der Waals surface area contributed by atoms with Gasteiger partial charge in [-0.15, -0.1) is 0 Å². The lowest BCUT2D eigenvalue weighted by Gasteiger charge is -2.48. The third-order valence-electron chi connectivity index (χ3n) is 4.57. The van der Waals surface area contributed by atoms with E-state index in [1.807, 2.05) is 12.0 Å². The Morgan fingerprint density at radius 1 is 1.24 bits per heavy atom. The molecule has 0 aromatic carbocycles. The zero-order valence-corrected chi connectivity index (χ0v) is 11.6. The van der Waals surface area contributed by atoms with E-state index in [2.05, 4.69) is 20.8 Å². The minimum atomic E-state index is -0.0622. The van der Waals surface area contributed by atoms with Gasteiger partial charge in [0.2, 0.25) is 5.91 Å². The van der Waals surface area contributed by atoms with Gasteiger partial charge in [0.05, 0.1) is 5.60 Å². The highest BCUT2D eigenvalue weighted by Gasteiger charge is 2.46. The van der Waals surface area contributed by atoms with Crippen LogP contribution in [0.4, 0.5) is 0 Å². The van der Waals surface area contributed by atoms with E-state index < -0.39 is 0 Å². The van der Waals surface area contributed by atoms with E-state index >= 15 is 0 Å². The van der Waals surface area contributed by atoms with E-state index in [1.54, 1.807) is 0 Å². The summed E-state index contributed by atoms with van der Waals surface area (Å²) in [4.78, 5) is 14.0. The van der Waals surface area contributed by atoms with Crippen LogP contribution in [0.5, 0.6) is 0 Å². The van der Waals surface area contributed by atoms with Crippen molar-refractivity contribution in [3.63, 3.8) is 0 Å². The number of carbonyl (C=O) groups is 1. The van der Waals surface area contributed by atoms with Crippen molar-refractivity contribution in [2.24, 2.45) is 11.3 Å². The lowest BCUT2D eigenvalue weighted by Crippen LogP contribution is -2.54. The number of likely N-dealkylation sites (tertiary alicyclic amines) is 1. The van der Waals surface area contributed by atoms with E-state index in [4.69, 9.17) is 4.74 Å². The Morgan fingerprint density at radius 2 is 1.76 bits per heavy atom. The molecule has 17 heavy (non-hydrogen) atoms. The molecule has 0 aromatic rings. The average molecular weight is 239 g/mol. The number of amides is 1. The molecule has 3 nitrogen and oxygen atoms in total. The van der Waals surface area contributed by atoms with E-state index in [9.17, 15) is 4.79 Å². The summed E-state index contributed by atoms with van der Waals surface area (Å²) >= 11 is 0. The van der Waals surface area contributed by atoms with Crippen molar-refractivity contribution in [2.75, 3.05) is 20.2 Å². The van der Waals surface area contributed by atoms with Crippen molar-refractivity contribution in [3.8, 4) is 0 Å². The molecule has 0 N–H and O–H groups in total. The lowest BCUT2D eigenvalue weighted by atomic mass is 9.70. The fourth-order valence-electron chi connectivity index (χ4n) is 2.94. The van der Waals surface area contributed by atoms with Gasteiger partial charge >= 0.3 is 0 Å². The largest absolute Gasteiger partial charge is 0.378 e. The molecule has 1 aliphatic carbocycles. The van der Waals surface area contributed by atoms with Gasteiger partial charge in [0, 0.05) is 26.1 Å². The first-order valence-electron chi connectivity index (χ1n) is 6.73. The minimum Gasteiger partial charge on any atom is -0.378 e. The van der Waals surface area contributed by atoms with Gasteiger partial charge < -0.3 is 9.64 Å². The number of hydrogen-bond donors (Lipinski definition) is 0. The second-order valence-corrected chi connectivity index (χ2v) is 6.55. The van der Waals surface area contributed by atoms with Crippen molar-refractivity contribution in [1.29, 1.82) is 0 Å². The normalized spacial score (nSPS) is 24.8. The molecule has 3 heteroatoms. The van der Waals surface area contributed by atoms with Crippen LogP contribution in [-0.4, -0.2) is 36.6 Å². The third kappa shape index (κ3) is 2.35. The second-order valence-electron chi connectivity index (χ2n) is 6.55. The van der Waals surface area contributed by atoms with Gasteiger partial charge in [-0.2, -0.15) is 0 Å². The fraction of sp³-hybridized carbons (Fsp3) is 0.929. The number of hydrogen-bond acceptors (Lipinski definition) is 2. The number of carbonyl (C=O) groups excluding carboxylic acids is 1. The van der Waals surface area contributed by atoms with Crippen LogP contribution in [0.3, 0.4) is 0 Å². The molecule has 0 unspecified atom stereocenters. The molecule has 1 saturated heterocycles. The molecule has 98 valence electrons. The van der Waals surface area contributed by atoms with Gasteiger partial charge in [0.1, 0.15) is 0 Å². The van der Waals surface area contributed by atoms with Crippen LogP contribution in [-0.2, 0) is 9.53 Å². The van der Waals surface area contributed by atoms with Crippen LogP contribution in [0.1, 0.15) is 46.5 Å². The van der Waals surface area contributed by atoms with Crippen molar-refractivity contribution >= 4 is 5.91 Å². The first kappa shape index (κ1) is 12.9. The summed E-state index contributed by atoms with van der Waals surface area (Å²) in [5.41, 5.74) is 0.0732. The zero-order chi connectivity index (χ0) is 12.7. The monoisotopic (exact) mass is 239 g/mol. The Bertz CT molecular complexity index is 294. The summed E-state index contributed by atoms with van der Waals surface area (Å²) in [6.45, 7) is 8.42. The van der Waals surface area contributed by atoms with E-state index in [0.29, 0.717) is 11.8 Å².